The standard InChI is InChI=1S/C17H16BrCl2N5O2/c1-2-24-9-13(20)15(23-24)8-21-17(26)14-5-6-25(22-14)10-27-16-4-3-11(18)7-12(16)19/h3-7,9H,2,8,10H2,1H3,(H,21,26). The Morgan fingerprint density at radius 1 is 1.22 bits per heavy atom. The number of halogens is 3. The monoisotopic (exact) mass is 471 g/mol. The van der Waals surface area contributed by atoms with Crippen LogP contribution >= 0.6 is 39.1 Å². The SMILES string of the molecule is CCn1cc(Cl)c(CNC(=O)c2ccn(COc3ccc(Br)cc3Cl)n2)n1. The Hall–Kier alpha value is -2.03. The zero-order valence-electron chi connectivity index (χ0n) is 14.3. The van der Waals surface area contributed by atoms with Gasteiger partial charge >= 0.3 is 0 Å². The highest BCUT2D eigenvalue weighted by atomic mass is 79.9. The van der Waals surface area contributed by atoms with Gasteiger partial charge in [0.2, 0.25) is 0 Å². The van der Waals surface area contributed by atoms with Gasteiger partial charge in [0.1, 0.15) is 17.1 Å². The van der Waals surface area contributed by atoms with Crippen LogP contribution in [0.2, 0.25) is 10.0 Å². The minimum atomic E-state index is -0.322. The zero-order chi connectivity index (χ0) is 19.4. The summed E-state index contributed by atoms with van der Waals surface area (Å²) in [7, 11) is 0. The second-order valence-corrected chi connectivity index (χ2v) is 7.28. The van der Waals surface area contributed by atoms with Crippen molar-refractivity contribution in [3.05, 3.63) is 62.6 Å². The number of carbonyl (C=O) groups excluding carboxylic acids is 1. The van der Waals surface area contributed by atoms with Crippen molar-refractivity contribution in [2.24, 2.45) is 0 Å². The van der Waals surface area contributed by atoms with E-state index in [0.717, 1.165) is 4.47 Å². The Balaban J connectivity index is 1.56. The van der Waals surface area contributed by atoms with Crippen LogP contribution in [0.5, 0.6) is 5.75 Å². The van der Waals surface area contributed by atoms with Gasteiger partial charge < -0.3 is 10.1 Å². The van der Waals surface area contributed by atoms with E-state index >= 15 is 0 Å². The molecule has 0 unspecified atom stereocenters. The van der Waals surface area contributed by atoms with E-state index in [1.54, 1.807) is 35.3 Å². The summed E-state index contributed by atoms with van der Waals surface area (Å²) in [5.41, 5.74) is 0.881. The zero-order valence-corrected chi connectivity index (χ0v) is 17.4. The maximum Gasteiger partial charge on any atom is 0.272 e. The number of aryl methyl sites for hydroxylation is 1. The molecule has 27 heavy (non-hydrogen) atoms. The van der Waals surface area contributed by atoms with Crippen molar-refractivity contribution < 1.29 is 9.53 Å². The highest BCUT2D eigenvalue weighted by molar-refractivity contribution is 9.10. The number of carbonyl (C=O) groups is 1. The van der Waals surface area contributed by atoms with Crippen LogP contribution in [0, 0.1) is 0 Å². The molecule has 0 atom stereocenters. The van der Waals surface area contributed by atoms with Crippen molar-refractivity contribution in [3.8, 4) is 5.75 Å². The number of aromatic nitrogens is 4. The van der Waals surface area contributed by atoms with E-state index in [0.29, 0.717) is 28.0 Å². The highest BCUT2D eigenvalue weighted by Gasteiger charge is 2.12. The van der Waals surface area contributed by atoms with E-state index in [2.05, 4.69) is 31.4 Å². The third-order valence-electron chi connectivity index (χ3n) is 3.65. The second-order valence-electron chi connectivity index (χ2n) is 5.55. The Morgan fingerprint density at radius 3 is 2.74 bits per heavy atom. The average molecular weight is 473 g/mol. The number of amides is 1. The Morgan fingerprint density at radius 2 is 2.04 bits per heavy atom. The van der Waals surface area contributed by atoms with Crippen molar-refractivity contribution in [1.29, 1.82) is 0 Å². The van der Waals surface area contributed by atoms with Gasteiger partial charge in [-0.1, -0.05) is 39.1 Å². The van der Waals surface area contributed by atoms with Crippen LogP contribution in [0.15, 0.2) is 41.1 Å². The number of nitrogens with zero attached hydrogens (tertiary/aromatic N) is 4. The molecule has 3 aromatic rings. The molecule has 0 fully saturated rings. The van der Waals surface area contributed by atoms with E-state index in [4.69, 9.17) is 27.9 Å². The lowest BCUT2D eigenvalue weighted by Gasteiger charge is -2.08. The fourth-order valence-electron chi connectivity index (χ4n) is 2.26. The number of benzene rings is 1. The third-order valence-corrected chi connectivity index (χ3v) is 4.75. The van der Waals surface area contributed by atoms with E-state index < -0.39 is 0 Å². The topological polar surface area (TPSA) is 74.0 Å². The van der Waals surface area contributed by atoms with Gasteiger partial charge in [0, 0.05) is 23.4 Å². The molecule has 0 saturated heterocycles. The first-order valence-electron chi connectivity index (χ1n) is 8.07. The van der Waals surface area contributed by atoms with Crippen molar-refractivity contribution >= 4 is 45.0 Å². The molecular weight excluding hydrogens is 457 g/mol. The average Bonchev–Trinajstić information content (AvgIpc) is 3.25. The molecule has 0 saturated carbocycles. The lowest BCUT2D eigenvalue weighted by Crippen LogP contribution is -2.24. The van der Waals surface area contributed by atoms with Crippen LogP contribution in [-0.2, 0) is 19.8 Å². The molecule has 0 aliphatic rings. The second kappa shape index (κ2) is 8.77. The summed E-state index contributed by atoms with van der Waals surface area (Å²) in [6.07, 6.45) is 3.38. The first-order valence-corrected chi connectivity index (χ1v) is 9.62. The minimum Gasteiger partial charge on any atom is -0.470 e. The molecule has 1 aromatic carbocycles. The number of rotatable bonds is 7. The van der Waals surface area contributed by atoms with Crippen LogP contribution in [0.25, 0.3) is 0 Å². The van der Waals surface area contributed by atoms with Crippen molar-refractivity contribution in [2.45, 2.75) is 26.7 Å². The molecule has 0 radical (unpaired) electrons. The number of ether oxygens (including phenoxy) is 1. The summed E-state index contributed by atoms with van der Waals surface area (Å²) in [6, 6.07) is 6.93. The quantitative estimate of drug-likeness (QED) is 0.560. The minimum absolute atomic E-state index is 0.126. The molecular formula is C17H16BrCl2N5O2. The molecule has 0 bridgehead atoms. The van der Waals surface area contributed by atoms with Gasteiger partial charge in [0.05, 0.1) is 16.6 Å². The van der Waals surface area contributed by atoms with Gasteiger partial charge in [-0.15, -0.1) is 0 Å². The van der Waals surface area contributed by atoms with Crippen LogP contribution < -0.4 is 10.1 Å². The summed E-state index contributed by atoms with van der Waals surface area (Å²) < 4.78 is 9.70. The fraction of sp³-hybridized carbons (Fsp3) is 0.235. The third kappa shape index (κ3) is 5.03. The van der Waals surface area contributed by atoms with E-state index in [1.165, 1.54) is 4.68 Å². The molecule has 0 spiro atoms. The summed E-state index contributed by atoms with van der Waals surface area (Å²) in [5.74, 6) is 0.208. The first-order chi connectivity index (χ1) is 13.0. The van der Waals surface area contributed by atoms with Gasteiger partial charge in [0.25, 0.3) is 5.91 Å². The maximum absolute atomic E-state index is 12.3. The smallest absolute Gasteiger partial charge is 0.272 e. The molecule has 0 aliphatic carbocycles. The molecule has 7 nitrogen and oxygen atoms in total. The lowest BCUT2D eigenvalue weighted by molar-refractivity contribution is 0.0943. The summed E-state index contributed by atoms with van der Waals surface area (Å²) >= 11 is 15.5. The van der Waals surface area contributed by atoms with Crippen LogP contribution in [0.4, 0.5) is 0 Å². The molecule has 10 heteroatoms. The molecule has 0 aliphatic heterocycles. The summed E-state index contributed by atoms with van der Waals surface area (Å²) in [5, 5.41) is 12.2. The van der Waals surface area contributed by atoms with Crippen molar-refractivity contribution in [3.63, 3.8) is 0 Å². The molecule has 2 heterocycles. The van der Waals surface area contributed by atoms with Gasteiger partial charge in [-0.3, -0.25) is 9.48 Å². The van der Waals surface area contributed by atoms with Crippen molar-refractivity contribution in [2.75, 3.05) is 0 Å². The van der Waals surface area contributed by atoms with Crippen LogP contribution in [0.1, 0.15) is 23.1 Å². The molecule has 3 rings (SSSR count). The molecule has 142 valence electrons. The van der Waals surface area contributed by atoms with Gasteiger partial charge in [0.15, 0.2) is 6.73 Å². The number of hydrogen-bond acceptors (Lipinski definition) is 4. The van der Waals surface area contributed by atoms with Crippen LogP contribution in [0.3, 0.4) is 0 Å². The molecule has 1 amide bonds. The molecule has 1 N–H and O–H groups in total. The van der Waals surface area contributed by atoms with Crippen LogP contribution in [-0.4, -0.2) is 25.5 Å². The van der Waals surface area contributed by atoms with E-state index in [9.17, 15) is 4.79 Å². The number of nitrogens with one attached hydrogen (secondary N) is 1. The maximum atomic E-state index is 12.3. The summed E-state index contributed by atoms with van der Waals surface area (Å²) in [4.78, 5) is 12.3. The first kappa shape index (κ1) is 19.7. The lowest BCUT2D eigenvalue weighted by atomic mass is 10.3. The van der Waals surface area contributed by atoms with Crippen molar-refractivity contribution in [1.82, 2.24) is 24.9 Å². The Kier molecular flexibility index (Phi) is 6.41. The Labute approximate surface area is 174 Å². The van der Waals surface area contributed by atoms with Gasteiger partial charge in [-0.25, -0.2) is 4.68 Å². The van der Waals surface area contributed by atoms with E-state index in [-0.39, 0.29) is 24.9 Å². The normalized spacial score (nSPS) is 10.8. The highest BCUT2D eigenvalue weighted by Crippen LogP contribution is 2.27. The van der Waals surface area contributed by atoms with E-state index in [1.807, 2.05) is 13.0 Å². The fourth-order valence-corrected chi connectivity index (χ4v) is 3.20. The predicted octanol–water partition coefficient (Wildman–Crippen LogP) is 4.14. The summed E-state index contributed by atoms with van der Waals surface area (Å²) in [6.45, 7) is 3.02. The number of hydrogen-bond donors (Lipinski definition) is 1. The largest absolute Gasteiger partial charge is 0.470 e. The predicted molar refractivity (Wildman–Crippen MR) is 106 cm³/mol. The van der Waals surface area contributed by atoms with Gasteiger partial charge in [-0.05, 0) is 31.2 Å². The van der Waals surface area contributed by atoms with Gasteiger partial charge in [-0.2, -0.15) is 10.2 Å². The Bertz CT molecular complexity index is 957. The molecule has 2 aromatic heterocycles.